The minimum absolute atomic E-state index is 0. The molecule has 1 aromatic rings. The second-order valence-corrected chi connectivity index (χ2v) is 6.88. The van der Waals surface area contributed by atoms with E-state index in [0.29, 0.717) is 31.6 Å². The highest BCUT2D eigenvalue weighted by Gasteiger charge is 2.26. The number of aliphatic imine (C=N–C) groups is 1. The molecule has 0 saturated carbocycles. The van der Waals surface area contributed by atoms with Crippen LogP contribution in [0.2, 0.25) is 0 Å². The van der Waals surface area contributed by atoms with Gasteiger partial charge in [0, 0.05) is 27.2 Å². The molecule has 0 aliphatic rings. The Kier molecular flexibility index (Phi) is 12.2. The van der Waals surface area contributed by atoms with Crippen molar-refractivity contribution >= 4 is 35.8 Å². The molecule has 0 bridgehead atoms. The number of benzene rings is 1. The topological polar surface area (TPSA) is 74.8 Å². The van der Waals surface area contributed by atoms with Crippen molar-refractivity contribution in [3.63, 3.8) is 0 Å². The normalized spacial score (nSPS) is 12.7. The fraction of sp³-hybridized carbons (Fsp3) is 0.579. The average molecular weight is 476 g/mol. The highest BCUT2D eigenvalue weighted by atomic mass is 127. The SMILES string of the molecule is CN=C(NCC(C)COCc1ccccc1)NCC(C)(C)C(=O)NC.I. The molecule has 0 spiro atoms. The van der Waals surface area contributed by atoms with Gasteiger partial charge in [-0.25, -0.2) is 0 Å². The van der Waals surface area contributed by atoms with Crippen molar-refractivity contribution in [3.8, 4) is 0 Å². The largest absolute Gasteiger partial charge is 0.376 e. The minimum Gasteiger partial charge on any atom is -0.376 e. The first-order valence-electron chi connectivity index (χ1n) is 8.67. The van der Waals surface area contributed by atoms with E-state index in [0.717, 1.165) is 6.54 Å². The minimum atomic E-state index is -0.503. The lowest BCUT2D eigenvalue weighted by Crippen LogP contribution is -2.48. The number of amides is 1. The molecular formula is C19H33IN4O2. The molecule has 0 radical (unpaired) electrons. The fourth-order valence-corrected chi connectivity index (χ4v) is 2.23. The van der Waals surface area contributed by atoms with Crippen LogP contribution in [0.15, 0.2) is 35.3 Å². The average Bonchev–Trinajstić information content (AvgIpc) is 2.62. The maximum Gasteiger partial charge on any atom is 0.227 e. The number of hydrogen-bond donors (Lipinski definition) is 3. The number of rotatable bonds is 9. The summed E-state index contributed by atoms with van der Waals surface area (Å²) >= 11 is 0. The van der Waals surface area contributed by atoms with Crippen molar-refractivity contribution in [2.75, 3.05) is 33.8 Å². The molecule has 1 amide bonds. The lowest BCUT2D eigenvalue weighted by molar-refractivity contribution is -0.128. The maximum absolute atomic E-state index is 11.8. The van der Waals surface area contributed by atoms with Crippen LogP contribution in [0.4, 0.5) is 0 Å². The van der Waals surface area contributed by atoms with Gasteiger partial charge in [0.2, 0.25) is 5.91 Å². The Bertz CT molecular complexity index is 550. The lowest BCUT2D eigenvalue weighted by Gasteiger charge is -2.24. The molecule has 6 nitrogen and oxygen atoms in total. The van der Waals surface area contributed by atoms with Crippen LogP contribution in [0.1, 0.15) is 26.3 Å². The summed E-state index contributed by atoms with van der Waals surface area (Å²) in [6, 6.07) is 10.1. The van der Waals surface area contributed by atoms with E-state index in [1.807, 2.05) is 32.0 Å². The van der Waals surface area contributed by atoms with Gasteiger partial charge >= 0.3 is 0 Å². The Labute approximate surface area is 174 Å². The van der Waals surface area contributed by atoms with Crippen molar-refractivity contribution in [1.29, 1.82) is 0 Å². The zero-order chi connectivity index (χ0) is 18.7. The van der Waals surface area contributed by atoms with Crippen LogP contribution in [0.25, 0.3) is 0 Å². The number of carbonyl (C=O) groups excluding carboxylic acids is 1. The summed E-state index contributed by atoms with van der Waals surface area (Å²) in [7, 11) is 3.37. The van der Waals surface area contributed by atoms with E-state index < -0.39 is 5.41 Å². The number of nitrogens with zero attached hydrogens (tertiary/aromatic N) is 1. The summed E-state index contributed by atoms with van der Waals surface area (Å²) in [6.07, 6.45) is 0. The monoisotopic (exact) mass is 476 g/mol. The van der Waals surface area contributed by atoms with Crippen molar-refractivity contribution in [3.05, 3.63) is 35.9 Å². The molecule has 1 unspecified atom stereocenters. The molecule has 148 valence electrons. The Morgan fingerprint density at radius 3 is 2.46 bits per heavy atom. The maximum atomic E-state index is 11.8. The molecule has 0 aliphatic heterocycles. The summed E-state index contributed by atoms with van der Waals surface area (Å²) in [4.78, 5) is 16.0. The first-order valence-corrected chi connectivity index (χ1v) is 8.67. The van der Waals surface area contributed by atoms with Gasteiger partial charge in [0.05, 0.1) is 18.6 Å². The van der Waals surface area contributed by atoms with Crippen LogP contribution < -0.4 is 16.0 Å². The van der Waals surface area contributed by atoms with E-state index in [1.165, 1.54) is 5.56 Å². The number of ether oxygens (including phenoxy) is 1. The van der Waals surface area contributed by atoms with Gasteiger partial charge in [0.1, 0.15) is 0 Å². The van der Waals surface area contributed by atoms with Gasteiger partial charge in [-0.2, -0.15) is 0 Å². The molecule has 0 saturated heterocycles. The first kappa shape index (κ1) is 24.7. The molecule has 0 aliphatic carbocycles. The van der Waals surface area contributed by atoms with Crippen LogP contribution in [0, 0.1) is 11.3 Å². The van der Waals surface area contributed by atoms with Crippen molar-refractivity contribution in [2.45, 2.75) is 27.4 Å². The fourth-order valence-electron chi connectivity index (χ4n) is 2.23. The predicted octanol–water partition coefficient (Wildman–Crippen LogP) is 2.39. The van der Waals surface area contributed by atoms with Gasteiger partial charge in [-0.3, -0.25) is 9.79 Å². The molecule has 1 atom stereocenters. The Morgan fingerprint density at radius 2 is 1.88 bits per heavy atom. The smallest absolute Gasteiger partial charge is 0.227 e. The van der Waals surface area contributed by atoms with Gasteiger partial charge in [0.15, 0.2) is 5.96 Å². The quantitative estimate of drug-likeness (QED) is 0.291. The van der Waals surface area contributed by atoms with Gasteiger partial charge in [-0.05, 0) is 25.3 Å². The van der Waals surface area contributed by atoms with E-state index in [1.54, 1.807) is 14.1 Å². The molecule has 1 aromatic carbocycles. The second kappa shape index (κ2) is 12.9. The molecular weight excluding hydrogens is 443 g/mol. The highest BCUT2D eigenvalue weighted by molar-refractivity contribution is 14.0. The highest BCUT2D eigenvalue weighted by Crippen LogP contribution is 2.12. The molecule has 3 N–H and O–H groups in total. The third-order valence-electron chi connectivity index (χ3n) is 3.90. The summed E-state index contributed by atoms with van der Waals surface area (Å²) < 4.78 is 5.75. The third-order valence-corrected chi connectivity index (χ3v) is 3.90. The number of hydrogen-bond acceptors (Lipinski definition) is 3. The van der Waals surface area contributed by atoms with Crippen molar-refractivity contribution in [2.24, 2.45) is 16.3 Å². The molecule has 1 rings (SSSR count). The zero-order valence-electron chi connectivity index (χ0n) is 16.5. The molecule has 0 aromatic heterocycles. The van der Waals surface area contributed by atoms with Crippen LogP contribution in [-0.4, -0.2) is 45.7 Å². The summed E-state index contributed by atoms with van der Waals surface area (Å²) in [5, 5.41) is 9.15. The lowest BCUT2D eigenvalue weighted by atomic mass is 9.92. The standard InChI is InChI=1S/C19H32N4O2.HI/c1-15(12-25-13-16-9-7-6-8-10-16)11-22-18(21-5)23-14-19(2,3)17(24)20-4;/h6-10,15H,11-14H2,1-5H3,(H,20,24)(H2,21,22,23);1H. The summed E-state index contributed by atoms with van der Waals surface area (Å²) in [6.45, 7) is 8.46. The number of nitrogens with one attached hydrogen (secondary N) is 3. The molecule has 0 fully saturated rings. The summed E-state index contributed by atoms with van der Waals surface area (Å²) in [5.41, 5.74) is 0.674. The van der Waals surface area contributed by atoms with Gasteiger partial charge in [-0.1, -0.05) is 37.3 Å². The molecule has 0 heterocycles. The van der Waals surface area contributed by atoms with Crippen molar-refractivity contribution < 1.29 is 9.53 Å². The van der Waals surface area contributed by atoms with Crippen LogP contribution in [0.5, 0.6) is 0 Å². The van der Waals surface area contributed by atoms with E-state index in [4.69, 9.17) is 4.74 Å². The Morgan fingerprint density at radius 1 is 1.23 bits per heavy atom. The van der Waals surface area contributed by atoms with E-state index in [9.17, 15) is 4.79 Å². The van der Waals surface area contributed by atoms with E-state index in [2.05, 4.69) is 40.0 Å². The van der Waals surface area contributed by atoms with Crippen LogP contribution >= 0.6 is 24.0 Å². The molecule has 26 heavy (non-hydrogen) atoms. The second-order valence-electron chi connectivity index (χ2n) is 6.88. The number of carbonyl (C=O) groups is 1. The third kappa shape index (κ3) is 9.38. The first-order chi connectivity index (χ1) is 11.9. The summed E-state index contributed by atoms with van der Waals surface area (Å²) in [5.74, 6) is 1.03. The van der Waals surface area contributed by atoms with E-state index in [-0.39, 0.29) is 29.9 Å². The van der Waals surface area contributed by atoms with Crippen LogP contribution in [0.3, 0.4) is 0 Å². The van der Waals surface area contributed by atoms with Gasteiger partial charge in [-0.15, -0.1) is 24.0 Å². The molecule has 7 heteroatoms. The van der Waals surface area contributed by atoms with E-state index >= 15 is 0 Å². The van der Waals surface area contributed by atoms with Gasteiger partial charge in [0.25, 0.3) is 0 Å². The van der Waals surface area contributed by atoms with Crippen LogP contribution in [-0.2, 0) is 16.1 Å². The predicted molar refractivity (Wildman–Crippen MR) is 118 cm³/mol. The number of guanidine groups is 1. The van der Waals surface area contributed by atoms with Crippen molar-refractivity contribution in [1.82, 2.24) is 16.0 Å². The Hall–Kier alpha value is -1.35. The zero-order valence-corrected chi connectivity index (χ0v) is 18.8. The number of halogens is 1. The van der Waals surface area contributed by atoms with Gasteiger partial charge < -0.3 is 20.7 Å². The Balaban J connectivity index is 0.00000625.